The predicted molar refractivity (Wildman–Crippen MR) is 46.1 cm³/mol. The van der Waals surface area contributed by atoms with Crippen LogP contribution in [0, 0.1) is 0 Å². The van der Waals surface area contributed by atoms with Gasteiger partial charge in [0.2, 0.25) is 0 Å². The van der Waals surface area contributed by atoms with Gasteiger partial charge in [-0.2, -0.15) is 0 Å². The zero-order chi connectivity index (χ0) is 8.24. The van der Waals surface area contributed by atoms with Crippen molar-refractivity contribution in [3.05, 3.63) is 0 Å². The molecule has 0 spiro atoms. The maximum absolute atomic E-state index is 9.50. The van der Waals surface area contributed by atoms with Crippen molar-refractivity contribution < 1.29 is 4.39 Å². The molecule has 0 N–H and O–H groups in total. The maximum atomic E-state index is 9.50. The summed E-state index contributed by atoms with van der Waals surface area (Å²) in [5.74, 6) is 0. The fourth-order valence-electron chi connectivity index (χ4n) is 1.06. The Bertz CT molecular complexity index is 20.2. The molecule has 1 heteroatoms. The van der Waals surface area contributed by atoms with Crippen molar-refractivity contribution in [2.24, 2.45) is 0 Å². The van der Waals surface area contributed by atoms with Gasteiger partial charge in [0.25, 0.3) is 0 Å². The summed E-state index contributed by atoms with van der Waals surface area (Å²) in [6.07, 6.45) is 9.00. The largest absolute Gasteiger partial charge is 0.255 e. The monoisotopic (exact) mass is 148 g/mol. The zero-order valence-corrected chi connectivity index (χ0v) is 7.62. The van der Waals surface area contributed by atoms with E-state index in [0.717, 1.165) is 0 Å². The normalized spacial score (nSPS) is 15.6. The van der Waals surface area contributed by atoms with Gasteiger partial charge in [0.1, 0.15) is 0 Å². The average Bonchev–Trinajstić information content (AvgIpc) is 2.14. The van der Waals surface area contributed by atoms with E-state index in [-0.39, 0.29) is 0 Å². The first-order chi connectivity index (χ1) is 5.00. The Labute approximate surface area is 64.8 Å². The minimum Gasteiger partial charge on any atom is -0.255 e. The minimum absolute atomic E-state index is 0.500. The molecule has 0 nitrogen and oxygen atoms in total. The molecule has 64 valence electrons. The standard InChI is InChI=1S/C6H12.C2H6.CH3F/c1-2-4-6-5-3-1;2*1-2/h1-6H2;1-2H3;1H3. The first-order valence-electron chi connectivity index (χ1n) is 4.38. The summed E-state index contributed by atoms with van der Waals surface area (Å²) in [7, 11) is 0.500. The van der Waals surface area contributed by atoms with Crippen molar-refractivity contribution in [3.63, 3.8) is 0 Å². The lowest BCUT2D eigenvalue weighted by atomic mass is 10.0. The Balaban J connectivity index is 0. The second-order valence-corrected chi connectivity index (χ2v) is 2.12. The van der Waals surface area contributed by atoms with Crippen LogP contribution in [0.4, 0.5) is 4.39 Å². The van der Waals surface area contributed by atoms with Crippen molar-refractivity contribution in [2.75, 3.05) is 7.18 Å². The summed E-state index contributed by atoms with van der Waals surface area (Å²) in [6.45, 7) is 4.00. The molecule has 1 saturated carbocycles. The number of hydrogen-bond donors (Lipinski definition) is 0. The predicted octanol–water partition coefficient (Wildman–Crippen LogP) is 3.95. The molecule has 0 heterocycles. The van der Waals surface area contributed by atoms with E-state index >= 15 is 0 Å². The Morgan fingerprint density at radius 2 is 0.700 bits per heavy atom. The molecule has 1 aliphatic rings. The summed E-state index contributed by atoms with van der Waals surface area (Å²) in [5, 5.41) is 0. The molecule has 1 fully saturated rings. The summed E-state index contributed by atoms with van der Waals surface area (Å²) >= 11 is 0. The minimum atomic E-state index is 0.500. The molecule has 0 saturated heterocycles. The Morgan fingerprint density at radius 1 is 0.600 bits per heavy atom. The molecule has 1 aliphatic carbocycles. The van der Waals surface area contributed by atoms with E-state index in [4.69, 9.17) is 0 Å². The highest BCUT2D eigenvalue weighted by Crippen LogP contribution is 2.15. The van der Waals surface area contributed by atoms with Crippen LogP contribution in [0.25, 0.3) is 0 Å². The number of halogens is 1. The smallest absolute Gasteiger partial charge is 0.0785 e. The fourth-order valence-corrected chi connectivity index (χ4v) is 1.06. The Kier molecular flexibility index (Phi) is 20.1. The SMILES string of the molecule is C1CCCCC1.CC.CF. The molecule has 0 unspecified atom stereocenters. The van der Waals surface area contributed by atoms with E-state index in [2.05, 4.69) is 0 Å². The molecule has 0 aliphatic heterocycles. The first kappa shape index (κ1) is 12.6. The highest BCUT2D eigenvalue weighted by atomic mass is 19.1. The quantitative estimate of drug-likeness (QED) is 0.488. The van der Waals surface area contributed by atoms with Crippen LogP contribution in [0.15, 0.2) is 0 Å². The summed E-state index contributed by atoms with van der Waals surface area (Å²) in [6, 6.07) is 0. The van der Waals surface area contributed by atoms with Crippen molar-refractivity contribution in [2.45, 2.75) is 52.4 Å². The van der Waals surface area contributed by atoms with Crippen molar-refractivity contribution >= 4 is 0 Å². The number of alkyl halides is 1. The summed E-state index contributed by atoms with van der Waals surface area (Å²) in [4.78, 5) is 0. The van der Waals surface area contributed by atoms with Crippen LogP contribution in [0.2, 0.25) is 0 Å². The highest BCUT2D eigenvalue weighted by molar-refractivity contribution is 4.51. The number of hydrogen-bond acceptors (Lipinski definition) is 0. The zero-order valence-electron chi connectivity index (χ0n) is 7.62. The van der Waals surface area contributed by atoms with Crippen LogP contribution >= 0.6 is 0 Å². The molecule has 0 amide bonds. The Hall–Kier alpha value is -0.0700. The van der Waals surface area contributed by atoms with Crippen LogP contribution in [0.1, 0.15) is 52.4 Å². The van der Waals surface area contributed by atoms with Crippen molar-refractivity contribution in [3.8, 4) is 0 Å². The molecule has 0 aromatic carbocycles. The molecule has 0 aromatic heterocycles. The maximum Gasteiger partial charge on any atom is 0.0785 e. The van der Waals surface area contributed by atoms with Gasteiger partial charge in [-0.25, -0.2) is 0 Å². The number of rotatable bonds is 0. The molecular formula is C9H21F. The molecule has 0 radical (unpaired) electrons. The van der Waals surface area contributed by atoms with E-state index in [1.54, 1.807) is 0 Å². The van der Waals surface area contributed by atoms with Crippen molar-refractivity contribution in [1.29, 1.82) is 0 Å². The van der Waals surface area contributed by atoms with Gasteiger partial charge in [-0.15, -0.1) is 0 Å². The van der Waals surface area contributed by atoms with Crippen LogP contribution in [-0.4, -0.2) is 7.18 Å². The van der Waals surface area contributed by atoms with Crippen LogP contribution in [0.3, 0.4) is 0 Å². The topological polar surface area (TPSA) is 0 Å². The van der Waals surface area contributed by atoms with Gasteiger partial charge in [-0.3, -0.25) is 4.39 Å². The third kappa shape index (κ3) is 10.8. The third-order valence-electron chi connectivity index (χ3n) is 1.50. The molecule has 0 aromatic rings. The van der Waals surface area contributed by atoms with Crippen LogP contribution in [-0.2, 0) is 0 Å². The van der Waals surface area contributed by atoms with E-state index in [1.165, 1.54) is 38.5 Å². The van der Waals surface area contributed by atoms with Crippen LogP contribution < -0.4 is 0 Å². The van der Waals surface area contributed by atoms with E-state index in [9.17, 15) is 4.39 Å². The molecule has 1 rings (SSSR count). The lowest BCUT2D eigenvalue weighted by Gasteiger charge is -2.05. The van der Waals surface area contributed by atoms with Crippen LogP contribution in [0.5, 0.6) is 0 Å². The third-order valence-corrected chi connectivity index (χ3v) is 1.50. The van der Waals surface area contributed by atoms with E-state index < -0.39 is 0 Å². The van der Waals surface area contributed by atoms with Gasteiger partial charge in [-0.05, 0) is 0 Å². The highest BCUT2D eigenvalue weighted by Gasteiger charge is 1.95. The summed E-state index contributed by atoms with van der Waals surface area (Å²) in [5.41, 5.74) is 0. The molecule has 0 atom stereocenters. The molecule has 0 bridgehead atoms. The van der Waals surface area contributed by atoms with E-state index in [0.29, 0.717) is 7.18 Å². The van der Waals surface area contributed by atoms with Gasteiger partial charge >= 0.3 is 0 Å². The van der Waals surface area contributed by atoms with Gasteiger partial charge in [0, 0.05) is 0 Å². The summed E-state index contributed by atoms with van der Waals surface area (Å²) < 4.78 is 9.50. The first-order valence-corrected chi connectivity index (χ1v) is 4.38. The van der Waals surface area contributed by atoms with Crippen molar-refractivity contribution in [1.82, 2.24) is 0 Å². The second-order valence-electron chi connectivity index (χ2n) is 2.12. The Morgan fingerprint density at radius 3 is 0.800 bits per heavy atom. The fraction of sp³-hybridized carbons (Fsp3) is 1.00. The van der Waals surface area contributed by atoms with Gasteiger partial charge in [0.05, 0.1) is 7.18 Å². The van der Waals surface area contributed by atoms with Gasteiger partial charge in [-0.1, -0.05) is 52.4 Å². The second kappa shape index (κ2) is 16.0. The lowest BCUT2D eigenvalue weighted by Crippen LogP contribution is -1.85. The van der Waals surface area contributed by atoms with Gasteiger partial charge in [0.15, 0.2) is 0 Å². The molecule has 10 heavy (non-hydrogen) atoms. The van der Waals surface area contributed by atoms with Gasteiger partial charge < -0.3 is 0 Å². The van der Waals surface area contributed by atoms with E-state index in [1.807, 2.05) is 13.8 Å². The lowest BCUT2D eigenvalue weighted by molar-refractivity contribution is 0.504. The average molecular weight is 148 g/mol. The molecular weight excluding hydrogens is 127 g/mol.